The maximum absolute atomic E-state index is 14.8. The lowest BCUT2D eigenvalue weighted by molar-refractivity contribution is -0.142. The van der Waals surface area contributed by atoms with E-state index in [1.165, 1.54) is 12.0 Å². The first-order valence-corrected chi connectivity index (χ1v) is 20.3. The monoisotopic (exact) mass is 767 g/mol. The molecule has 294 valence electrons. The number of nitrogens with one attached hydrogen (secondary N) is 4. The van der Waals surface area contributed by atoms with Gasteiger partial charge < -0.3 is 30.3 Å². The van der Waals surface area contributed by atoms with Crippen LogP contribution in [0.1, 0.15) is 86.5 Å². The van der Waals surface area contributed by atoms with Crippen LogP contribution in [0.2, 0.25) is 0 Å². The van der Waals surface area contributed by atoms with Crippen LogP contribution in [0.15, 0.2) is 36.4 Å². The lowest BCUT2D eigenvalue weighted by atomic mass is 9.88. The van der Waals surface area contributed by atoms with Gasteiger partial charge in [-0.15, -0.1) is 10.2 Å². The maximum Gasteiger partial charge on any atom is 0.315 e. The average molecular weight is 768 g/mol. The minimum atomic E-state index is -4.00. The predicted octanol–water partition coefficient (Wildman–Crippen LogP) is 3.34. The van der Waals surface area contributed by atoms with Gasteiger partial charge in [0.15, 0.2) is 0 Å². The summed E-state index contributed by atoms with van der Waals surface area (Å²) in [4.78, 5) is 57.8. The van der Waals surface area contributed by atoms with Gasteiger partial charge in [-0.05, 0) is 90.2 Å². The Kier molecular flexibility index (Phi) is 10.6. The van der Waals surface area contributed by atoms with Crippen LogP contribution in [0, 0.1) is 17.8 Å². The van der Waals surface area contributed by atoms with Gasteiger partial charge in [0.1, 0.15) is 23.7 Å². The third-order valence-electron chi connectivity index (χ3n) is 11.1. The summed E-state index contributed by atoms with van der Waals surface area (Å²) in [6, 6.07) is 4.64. The van der Waals surface area contributed by atoms with Crippen LogP contribution in [-0.2, 0) is 24.4 Å². The van der Waals surface area contributed by atoms with Crippen LogP contribution in [-0.4, -0.2) is 94.9 Å². The number of allylic oxidation sites excluding steroid dienone is 1. The first-order chi connectivity index (χ1) is 25.4. The first kappa shape index (κ1) is 39.2. The molecule has 1 unspecified atom stereocenters. The van der Waals surface area contributed by atoms with Crippen LogP contribution in [0.3, 0.4) is 0 Å². The molecular weight excluding hydrogens is 715 g/mol. The van der Waals surface area contributed by atoms with E-state index in [4.69, 9.17) is 9.47 Å². The van der Waals surface area contributed by atoms with Gasteiger partial charge in [0.25, 0.3) is 5.91 Å². The highest BCUT2D eigenvalue weighted by molar-refractivity contribution is 7.91. The molecule has 3 fully saturated rings. The molecule has 2 aromatic rings. The molecule has 2 aliphatic carbocycles. The van der Waals surface area contributed by atoms with E-state index in [0.29, 0.717) is 42.3 Å². The Morgan fingerprint density at radius 1 is 1.04 bits per heavy atom. The summed E-state index contributed by atoms with van der Waals surface area (Å²) in [7, 11) is -2.50. The normalized spacial score (nSPS) is 30.4. The third-order valence-corrected chi connectivity index (χ3v) is 13.3. The van der Waals surface area contributed by atoms with Gasteiger partial charge in [-0.1, -0.05) is 38.1 Å². The highest BCUT2D eigenvalue weighted by Crippen LogP contribution is 2.47. The highest BCUT2D eigenvalue weighted by atomic mass is 32.2. The molecule has 2 saturated carbocycles. The molecule has 1 aromatic heterocycles. The summed E-state index contributed by atoms with van der Waals surface area (Å²) >= 11 is 0. The summed E-state index contributed by atoms with van der Waals surface area (Å²) in [5, 5.41) is 18.4. The Hall–Kier alpha value is -4.47. The van der Waals surface area contributed by atoms with Crippen LogP contribution in [0.5, 0.6) is 11.8 Å². The minimum absolute atomic E-state index is 0.0277. The van der Waals surface area contributed by atoms with E-state index in [0.717, 1.165) is 6.42 Å². The number of methoxy groups -OCH3 is 1. The molecule has 5 amide bonds. The van der Waals surface area contributed by atoms with Crippen molar-refractivity contribution < 1.29 is 37.1 Å². The van der Waals surface area contributed by atoms with E-state index < -0.39 is 73.7 Å². The van der Waals surface area contributed by atoms with E-state index in [1.807, 2.05) is 64.1 Å². The van der Waals surface area contributed by atoms with Gasteiger partial charge in [0, 0.05) is 17.9 Å². The van der Waals surface area contributed by atoms with Gasteiger partial charge in [0.2, 0.25) is 33.6 Å². The molecule has 1 saturated heterocycles. The topological polar surface area (TPSA) is 198 Å². The number of benzene rings is 1. The lowest BCUT2D eigenvalue weighted by Crippen LogP contribution is -2.60. The van der Waals surface area contributed by atoms with Crippen molar-refractivity contribution in [1.29, 1.82) is 0 Å². The van der Waals surface area contributed by atoms with Gasteiger partial charge in [-0.3, -0.25) is 19.1 Å². The van der Waals surface area contributed by atoms with Crippen LogP contribution < -0.4 is 30.1 Å². The lowest BCUT2D eigenvalue weighted by Gasteiger charge is -2.33. The fourth-order valence-electron chi connectivity index (χ4n) is 7.57. The Morgan fingerprint density at radius 3 is 2.35 bits per heavy atom. The maximum atomic E-state index is 14.8. The first-order valence-electron chi connectivity index (χ1n) is 18.8. The molecule has 0 bridgehead atoms. The molecule has 2 aliphatic heterocycles. The highest BCUT2D eigenvalue weighted by Gasteiger charge is 2.63. The SMILES string of the molecule is COc1nnc(O[C@@H]2C[C@H]3C(=O)NC4(C(=O)NS(=O)(=O)C5(C)CC5)C[C@H]4/C=C\CC[C@H](C)C[C@@H](C)[C@H](NC(=O)NC(C)(C)C)C(=O)N3C2)c2ccccc12. The number of hydrogen-bond donors (Lipinski definition) is 4. The number of carbonyl (C=O) groups excluding carboxylic acids is 4. The summed E-state index contributed by atoms with van der Waals surface area (Å²) < 4.78 is 39.4. The van der Waals surface area contributed by atoms with Gasteiger partial charge in [-0.2, -0.15) is 0 Å². The number of urea groups is 1. The van der Waals surface area contributed by atoms with Crippen LogP contribution >= 0.6 is 0 Å². The Bertz CT molecular complexity index is 1940. The number of sulfonamides is 1. The quantitative estimate of drug-likeness (QED) is 0.303. The van der Waals surface area contributed by atoms with Crippen molar-refractivity contribution in [3.05, 3.63) is 36.4 Å². The molecule has 16 heteroatoms. The van der Waals surface area contributed by atoms with Gasteiger partial charge in [0.05, 0.1) is 29.2 Å². The van der Waals surface area contributed by atoms with E-state index in [1.54, 1.807) is 6.92 Å². The van der Waals surface area contributed by atoms with Crippen molar-refractivity contribution in [1.82, 2.24) is 35.8 Å². The fourth-order valence-corrected chi connectivity index (χ4v) is 8.88. The van der Waals surface area contributed by atoms with Crippen molar-refractivity contribution >= 4 is 44.5 Å². The standard InChI is InChI=1S/C38H53N7O8S/c1-22-12-8-9-13-24-20-38(24,34(48)44-54(50,51)37(6)16-17-37)40-30(46)28-19-25(53-32-27-15-11-10-14-26(27)31(52-7)42-43-32)21-45(28)33(47)29(23(2)18-22)39-35(49)41-36(3,4)5/h9-11,13-15,22-25,28-29H,8,12,16-21H2,1-7H3,(H,40,46)(H,44,48)(H2,39,41,49)/b13-9-/t22-,23+,24+,25+,28-,29-,38?/m0/s1. The van der Waals surface area contributed by atoms with Crippen molar-refractivity contribution in [2.75, 3.05) is 13.7 Å². The largest absolute Gasteiger partial charge is 0.479 e. The molecule has 1 aromatic carbocycles. The number of amides is 5. The number of fused-ring (bicyclic) bond motifs is 3. The number of nitrogens with zero attached hydrogens (tertiary/aromatic N) is 3. The number of aromatic nitrogens is 2. The molecule has 3 heterocycles. The molecule has 54 heavy (non-hydrogen) atoms. The molecular formula is C38H53N7O8S. The number of rotatable bonds is 7. The predicted molar refractivity (Wildman–Crippen MR) is 201 cm³/mol. The third kappa shape index (κ3) is 8.13. The van der Waals surface area contributed by atoms with Crippen LogP contribution in [0.4, 0.5) is 4.79 Å². The number of ether oxygens (including phenoxy) is 2. The summed E-state index contributed by atoms with van der Waals surface area (Å²) in [5.41, 5.74) is -2.10. The summed E-state index contributed by atoms with van der Waals surface area (Å²) in [5.74, 6) is -1.99. The van der Waals surface area contributed by atoms with Gasteiger partial charge in [-0.25, -0.2) is 13.2 Å². The second-order valence-electron chi connectivity index (χ2n) is 16.8. The van der Waals surface area contributed by atoms with E-state index in [-0.39, 0.29) is 37.1 Å². The Labute approximate surface area is 316 Å². The minimum Gasteiger partial charge on any atom is -0.479 e. The average Bonchev–Trinajstić information content (AvgIpc) is 3.98. The van der Waals surface area contributed by atoms with E-state index in [9.17, 15) is 27.6 Å². The summed E-state index contributed by atoms with van der Waals surface area (Å²) in [6.45, 7) is 11.1. The number of hydrogen-bond acceptors (Lipinski definition) is 10. The Morgan fingerprint density at radius 2 is 1.70 bits per heavy atom. The van der Waals surface area contributed by atoms with E-state index in [2.05, 4.69) is 37.8 Å². The molecule has 15 nitrogen and oxygen atoms in total. The van der Waals surface area contributed by atoms with Crippen molar-refractivity contribution in [2.24, 2.45) is 17.8 Å². The number of carbonyl (C=O) groups is 4. The molecule has 0 spiro atoms. The molecule has 6 rings (SSSR count). The zero-order chi connectivity index (χ0) is 39.2. The smallest absolute Gasteiger partial charge is 0.315 e. The molecule has 7 atom stereocenters. The second kappa shape index (κ2) is 14.6. The molecule has 4 aliphatic rings. The molecule has 4 N–H and O–H groups in total. The van der Waals surface area contributed by atoms with Crippen molar-refractivity contribution in [3.8, 4) is 11.8 Å². The summed E-state index contributed by atoms with van der Waals surface area (Å²) in [6.07, 6.45) is 6.28. The zero-order valence-electron chi connectivity index (χ0n) is 32.1. The van der Waals surface area contributed by atoms with Crippen molar-refractivity contribution in [2.45, 2.75) is 121 Å². The van der Waals surface area contributed by atoms with Crippen LogP contribution in [0.25, 0.3) is 10.8 Å². The van der Waals surface area contributed by atoms with Gasteiger partial charge >= 0.3 is 6.03 Å². The Balaban J connectivity index is 1.35. The van der Waals surface area contributed by atoms with Crippen molar-refractivity contribution in [3.63, 3.8) is 0 Å². The second-order valence-corrected chi connectivity index (χ2v) is 19.0. The molecule has 0 radical (unpaired) electrons. The van der Waals surface area contributed by atoms with E-state index >= 15 is 0 Å². The zero-order valence-corrected chi connectivity index (χ0v) is 32.9. The fraction of sp³-hybridized carbons (Fsp3) is 0.632.